The summed E-state index contributed by atoms with van der Waals surface area (Å²) in [7, 11) is 1.55. The normalized spacial score (nSPS) is 11.4. The van der Waals surface area contributed by atoms with E-state index in [1.54, 1.807) is 31.4 Å². The van der Waals surface area contributed by atoms with Crippen molar-refractivity contribution >= 4 is 5.78 Å². The lowest BCUT2D eigenvalue weighted by atomic mass is 9.89. The van der Waals surface area contributed by atoms with Crippen LogP contribution in [0.4, 0.5) is 0 Å². The van der Waals surface area contributed by atoms with Crippen LogP contribution in [0.15, 0.2) is 48.5 Å². The van der Waals surface area contributed by atoms with Crippen LogP contribution < -0.4 is 4.74 Å². The van der Waals surface area contributed by atoms with E-state index < -0.39 is 5.92 Å². The van der Waals surface area contributed by atoms with E-state index in [1.807, 2.05) is 31.2 Å². The SMILES string of the molecule is COc1cccc(C(=O)C(C#N)c2ccccc2C)c1. The highest BCUT2D eigenvalue weighted by Crippen LogP contribution is 2.25. The molecule has 3 nitrogen and oxygen atoms in total. The van der Waals surface area contributed by atoms with Gasteiger partial charge in [-0.1, -0.05) is 36.4 Å². The fourth-order valence-corrected chi connectivity index (χ4v) is 2.12. The minimum atomic E-state index is -0.789. The third kappa shape index (κ3) is 2.70. The maximum atomic E-state index is 12.5. The van der Waals surface area contributed by atoms with Crippen LogP contribution in [-0.2, 0) is 0 Å². The van der Waals surface area contributed by atoms with E-state index in [0.29, 0.717) is 11.3 Å². The summed E-state index contributed by atoms with van der Waals surface area (Å²) in [5.74, 6) is -0.388. The summed E-state index contributed by atoms with van der Waals surface area (Å²) in [6, 6.07) is 16.4. The number of aryl methyl sites for hydroxylation is 1. The molecule has 2 rings (SSSR count). The molecule has 2 aromatic carbocycles. The van der Waals surface area contributed by atoms with Gasteiger partial charge < -0.3 is 4.74 Å². The van der Waals surface area contributed by atoms with Gasteiger partial charge in [0.2, 0.25) is 0 Å². The molecule has 0 aliphatic carbocycles. The van der Waals surface area contributed by atoms with Crippen LogP contribution in [0.3, 0.4) is 0 Å². The van der Waals surface area contributed by atoms with Crippen molar-refractivity contribution in [1.29, 1.82) is 5.26 Å². The Labute approximate surface area is 118 Å². The van der Waals surface area contributed by atoms with E-state index in [0.717, 1.165) is 11.1 Å². The molecule has 0 spiro atoms. The zero-order valence-electron chi connectivity index (χ0n) is 11.5. The number of methoxy groups -OCH3 is 1. The molecular weight excluding hydrogens is 250 g/mol. The quantitative estimate of drug-likeness (QED) is 0.795. The summed E-state index contributed by atoms with van der Waals surface area (Å²) < 4.78 is 5.11. The van der Waals surface area contributed by atoms with Gasteiger partial charge in [-0.3, -0.25) is 4.79 Å². The number of benzene rings is 2. The first-order valence-corrected chi connectivity index (χ1v) is 6.30. The molecule has 0 heterocycles. The minimum Gasteiger partial charge on any atom is -0.497 e. The maximum Gasteiger partial charge on any atom is 0.184 e. The third-order valence-electron chi connectivity index (χ3n) is 3.25. The number of nitrogens with zero attached hydrogens (tertiary/aromatic N) is 1. The van der Waals surface area contributed by atoms with Crippen molar-refractivity contribution < 1.29 is 9.53 Å². The van der Waals surface area contributed by atoms with Crippen molar-refractivity contribution in [2.45, 2.75) is 12.8 Å². The van der Waals surface area contributed by atoms with Gasteiger partial charge in [0.1, 0.15) is 11.7 Å². The van der Waals surface area contributed by atoms with Gasteiger partial charge in [-0.05, 0) is 30.2 Å². The van der Waals surface area contributed by atoms with Gasteiger partial charge in [0.25, 0.3) is 0 Å². The molecule has 0 bridgehead atoms. The molecule has 0 radical (unpaired) electrons. The Morgan fingerprint density at radius 1 is 1.20 bits per heavy atom. The van der Waals surface area contributed by atoms with Crippen molar-refractivity contribution in [2.24, 2.45) is 0 Å². The van der Waals surface area contributed by atoms with E-state index in [1.165, 1.54) is 0 Å². The molecule has 20 heavy (non-hydrogen) atoms. The summed E-state index contributed by atoms with van der Waals surface area (Å²) in [4.78, 5) is 12.5. The molecule has 1 atom stereocenters. The molecule has 0 aliphatic rings. The number of ketones is 1. The molecule has 0 fully saturated rings. The van der Waals surface area contributed by atoms with Gasteiger partial charge in [-0.15, -0.1) is 0 Å². The maximum absolute atomic E-state index is 12.5. The Bertz CT molecular complexity index is 671. The molecule has 0 N–H and O–H groups in total. The minimum absolute atomic E-state index is 0.208. The largest absolute Gasteiger partial charge is 0.497 e. The van der Waals surface area contributed by atoms with Crippen LogP contribution in [0.25, 0.3) is 0 Å². The number of nitriles is 1. The van der Waals surface area contributed by atoms with Gasteiger partial charge in [-0.25, -0.2) is 0 Å². The summed E-state index contributed by atoms with van der Waals surface area (Å²) >= 11 is 0. The Hall–Kier alpha value is -2.60. The lowest BCUT2D eigenvalue weighted by Gasteiger charge is -2.12. The first-order chi connectivity index (χ1) is 9.67. The average molecular weight is 265 g/mol. The predicted molar refractivity (Wildman–Crippen MR) is 76.9 cm³/mol. The average Bonchev–Trinajstić information content (AvgIpc) is 2.49. The first kappa shape index (κ1) is 13.8. The second-order valence-electron chi connectivity index (χ2n) is 4.51. The highest BCUT2D eigenvalue weighted by atomic mass is 16.5. The number of Topliss-reactive ketones (excluding diaryl/α,β-unsaturated/α-hetero) is 1. The van der Waals surface area contributed by atoms with Crippen LogP contribution >= 0.6 is 0 Å². The third-order valence-corrected chi connectivity index (χ3v) is 3.25. The second kappa shape index (κ2) is 6.03. The lowest BCUT2D eigenvalue weighted by molar-refractivity contribution is 0.0978. The van der Waals surface area contributed by atoms with E-state index >= 15 is 0 Å². The zero-order valence-corrected chi connectivity index (χ0v) is 11.5. The van der Waals surface area contributed by atoms with Crippen molar-refractivity contribution in [2.75, 3.05) is 7.11 Å². The molecule has 100 valence electrons. The van der Waals surface area contributed by atoms with Crippen LogP contribution in [0, 0.1) is 18.3 Å². The van der Waals surface area contributed by atoms with Crippen molar-refractivity contribution in [3.63, 3.8) is 0 Å². The number of hydrogen-bond donors (Lipinski definition) is 0. The van der Waals surface area contributed by atoms with Gasteiger partial charge >= 0.3 is 0 Å². The first-order valence-electron chi connectivity index (χ1n) is 6.30. The Balaban J connectivity index is 2.40. The standard InChI is InChI=1S/C17H15NO2/c1-12-6-3-4-9-15(12)16(11-18)17(19)13-7-5-8-14(10-13)20-2/h3-10,16H,1-2H3. The Morgan fingerprint density at radius 3 is 2.60 bits per heavy atom. The molecule has 0 aliphatic heterocycles. The summed E-state index contributed by atoms with van der Waals surface area (Å²) in [5, 5.41) is 9.36. The van der Waals surface area contributed by atoms with E-state index in [2.05, 4.69) is 6.07 Å². The molecular formula is C17H15NO2. The number of rotatable bonds is 4. The van der Waals surface area contributed by atoms with Gasteiger partial charge in [0.05, 0.1) is 13.2 Å². The predicted octanol–water partition coefficient (Wildman–Crippen LogP) is 3.49. The van der Waals surface area contributed by atoms with Gasteiger partial charge in [0, 0.05) is 5.56 Å². The lowest BCUT2D eigenvalue weighted by Crippen LogP contribution is -2.12. The number of carbonyl (C=O) groups is 1. The van der Waals surface area contributed by atoms with E-state index in [-0.39, 0.29) is 5.78 Å². The number of hydrogen-bond acceptors (Lipinski definition) is 3. The Kier molecular flexibility index (Phi) is 4.17. The van der Waals surface area contributed by atoms with Crippen LogP contribution in [0.5, 0.6) is 5.75 Å². The molecule has 0 saturated heterocycles. The molecule has 0 amide bonds. The monoisotopic (exact) mass is 265 g/mol. The van der Waals surface area contributed by atoms with Crippen LogP contribution in [0.2, 0.25) is 0 Å². The van der Waals surface area contributed by atoms with E-state index in [9.17, 15) is 10.1 Å². The molecule has 1 unspecified atom stereocenters. The molecule has 2 aromatic rings. The van der Waals surface area contributed by atoms with Gasteiger partial charge in [-0.2, -0.15) is 5.26 Å². The zero-order chi connectivity index (χ0) is 14.5. The Morgan fingerprint density at radius 2 is 1.95 bits per heavy atom. The van der Waals surface area contributed by atoms with Crippen LogP contribution in [-0.4, -0.2) is 12.9 Å². The highest BCUT2D eigenvalue weighted by molar-refractivity contribution is 6.03. The van der Waals surface area contributed by atoms with Gasteiger partial charge in [0.15, 0.2) is 5.78 Å². The number of carbonyl (C=O) groups excluding carboxylic acids is 1. The van der Waals surface area contributed by atoms with Crippen LogP contribution in [0.1, 0.15) is 27.4 Å². The fraction of sp³-hybridized carbons (Fsp3) is 0.176. The smallest absolute Gasteiger partial charge is 0.184 e. The molecule has 0 aromatic heterocycles. The van der Waals surface area contributed by atoms with Crippen molar-refractivity contribution in [3.05, 3.63) is 65.2 Å². The fourth-order valence-electron chi connectivity index (χ4n) is 2.12. The topological polar surface area (TPSA) is 50.1 Å². The summed E-state index contributed by atoms with van der Waals surface area (Å²) in [5.41, 5.74) is 2.18. The summed E-state index contributed by atoms with van der Waals surface area (Å²) in [6.07, 6.45) is 0. The van der Waals surface area contributed by atoms with Crippen molar-refractivity contribution in [3.8, 4) is 11.8 Å². The number of ether oxygens (including phenoxy) is 1. The highest BCUT2D eigenvalue weighted by Gasteiger charge is 2.23. The van der Waals surface area contributed by atoms with Crippen molar-refractivity contribution in [1.82, 2.24) is 0 Å². The molecule has 0 saturated carbocycles. The second-order valence-corrected chi connectivity index (χ2v) is 4.51. The van der Waals surface area contributed by atoms with E-state index in [4.69, 9.17) is 4.74 Å². The summed E-state index contributed by atoms with van der Waals surface area (Å²) in [6.45, 7) is 1.90. The molecule has 3 heteroatoms.